The fraction of sp³-hybridized carbons (Fsp3) is 0.312. The van der Waals surface area contributed by atoms with Crippen molar-refractivity contribution in [2.45, 2.75) is 32.4 Å². The van der Waals surface area contributed by atoms with Crippen molar-refractivity contribution in [1.82, 2.24) is 5.32 Å². The van der Waals surface area contributed by atoms with Crippen LogP contribution < -0.4 is 5.32 Å². The molecule has 1 N–H and O–H groups in total. The van der Waals surface area contributed by atoms with Crippen LogP contribution in [0.5, 0.6) is 0 Å². The predicted molar refractivity (Wildman–Crippen MR) is 80.0 cm³/mol. The third kappa shape index (κ3) is 3.92. The van der Waals surface area contributed by atoms with Gasteiger partial charge in [0.15, 0.2) is 0 Å². The predicted octanol–water partition coefficient (Wildman–Crippen LogP) is 4.25. The summed E-state index contributed by atoms with van der Waals surface area (Å²) in [5, 5.41) is 14.3. The fourth-order valence-corrected chi connectivity index (χ4v) is 2.88. The van der Waals surface area contributed by atoms with Gasteiger partial charge >= 0.3 is 0 Å². The zero-order valence-corrected chi connectivity index (χ0v) is 11.9. The van der Waals surface area contributed by atoms with Gasteiger partial charge < -0.3 is 5.32 Å². The van der Waals surface area contributed by atoms with E-state index in [2.05, 4.69) is 42.6 Å². The largest absolute Gasteiger partial charge is 0.305 e. The Kier molecular flexibility index (Phi) is 5.14. The lowest BCUT2D eigenvalue weighted by molar-refractivity contribution is 0.496. The molecule has 2 aromatic rings. The number of hydrogen-bond donors (Lipinski definition) is 1. The van der Waals surface area contributed by atoms with Crippen LogP contribution in [-0.2, 0) is 6.54 Å². The molecule has 1 unspecified atom stereocenters. The second kappa shape index (κ2) is 7.08. The number of nitrogens with zero attached hydrogens (tertiary/aromatic N) is 1. The molecule has 0 fully saturated rings. The van der Waals surface area contributed by atoms with Gasteiger partial charge in [-0.1, -0.05) is 43.7 Å². The van der Waals surface area contributed by atoms with E-state index in [4.69, 9.17) is 5.26 Å². The summed E-state index contributed by atoms with van der Waals surface area (Å²) in [5.74, 6) is 0. The highest BCUT2D eigenvalue weighted by Gasteiger charge is 2.10. The van der Waals surface area contributed by atoms with E-state index >= 15 is 0 Å². The van der Waals surface area contributed by atoms with E-state index in [0.717, 1.165) is 24.9 Å². The third-order valence-corrected chi connectivity index (χ3v) is 4.02. The van der Waals surface area contributed by atoms with E-state index in [9.17, 15) is 0 Å². The number of nitriles is 1. The number of benzene rings is 1. The Labute approximate surface area is 118 Å². The van der Waals surface area contributed by atoms with Gasteiger partial charge in [0.2, 0.25) is 0 Å². The molecule has 1 atom stereocenters. The molecule has 1 aromatic heterocycles. The van der Waals surface area contributed by atoms with E-state index in [1.807, 2.05) is 17.5 Å². The smallest absolute Gasteiger partial charge is 0.100 e. The van der Waals surface area contributed by atoms with E-state index in [0.29, 0.717) is 6.04 Å². The van der Waals surface area contributed by atoms with Gasteiger partial charge in [0.25, 0.3) is 0 Å². The topological polar surface area (TPSA) is 35.8 Å². The van der Waals surface area contributed by atoms with Crippen molar-refractivity contribution in [2.75, 3.05) is 0 Å². The zero-order valence-electron chi connectivity index (χ0n) is 11.1. The molecule has 0 radical (unpaired) electrons. The SMILES string of the molecule is CCCC(NCc1cc(C#N)cs1)c1ccccc1. The first-order valence-corrected chi connectivity index (χ1v) is 7.47. The van der Waals surface area contributed by atoms with Gasteiger partial charge in [-0.15, -0.1) is 11.3 Å². The number of thiophene rings is 1. The Balaban J connectivity index is 1.99. The Morgan fingerprint density at radius 3 is 2.74 bits per heavy atom. The van der Waals surface area contributed by atoms with Gasteiger partial charge in [-0.05, 0) is 18.1 Å². The lowest BCUT2D eigenvalue weighted by atomic mass is 10.0. The van der Waals surface area contributed by atoms with Crippen LogP contribution in [0.15, 0.2) is 41.8 Å². The first-order valence-electron chi connectivity index (χ1n) is 6.59. The van der Waals surface area contributed by atoms with Crippen LogP contribution in [0.2, 0.25) is 0 Å². The van der Waals surface area contributed by atoms with Crippen molar-refractivity contribution in [2.24, 2.45) is 0 Å². The molecular formula is C16H18N2S. The van der Waals surface area contributed by atoms with Crippen LogP contribution >= 0.6 is 11.3 Å². The molecule has 0 aliphatic heterocycles. The summed E-state index contributed by atoms with van der Waals surface area (Å²) >= 11 is 1.64. The van der Waals surface area contributed by atoms with Crippen molar-refractivity contribution in [3.8, 4) is 6.07 Å². The standard InChI is InChI=1S/C16H18N2S/c1-2-6-16(14-7-4-3-5-8-14)18-11-15-9-13(10-17)12-19-15/h3-5,7-9,12,16,18H,2,6,11H2,1H3. The second-order valence-corrected chi connectivity index (χ2v) is 5.54. The first-order chi connectivity index (χ1) is 9.33. The maximum absolute atomic E-state index is 8.83. The molecule has 3 heteroatoms. The minimum atomic E-state index is 0.388. The lowest BCUT2D eigenvalue weighted by Crippen LogP contribution is -2.20. The summed E-state index contributed by atoms with van der Waals surface area (Å²) in [6.07, 6.45) is 2.28. The molecule has 19 heavy (non-hydrogen) atoms. The van der Waals surface area contributed by atoms with Crippen LogP contribution in [0.3, 0.4) is 0 Å². The van der Waals surface area contributed by atoms with Crippen molar-refractivity contribution >= 4 is 11.3 Å². The summed E-state index contributed by atoms with van der Waals surface area (Å²) in [6.45, 7) is 3.03. The molecule has 0 bridgehead atoms. The molecule has 1 heterocycles. The Bertz CT molecular complexity index is 539. The quantitative estimate of drug-likeness (QED) is 0.851. The lowest BCUT2D eigenvalue weighted by Gasteiger charge is -2.18. The summed E-state index contributed by atoms with van der Waals surface area (Å²) in [5.41, 5.74) is 2.09. The Morgan fingerprint density at radius 2 is 2.11 bits per heavy atom. The minimum Gasteiger partial charge on any atom is -0.305 e. The maximum atomic E-state index is 8.83. The molecule has 2 rings (SSSR count). The molecule has 98 valence electrons. The van der Waals surface area contributed by atoms with Crippen LogP contribution in [0, 0.1) is 11.3 Å². The first kappa shape index (κ1) is 13.8. The molecule has 0 aliphatic carbocycles. The van der Waals surface area contributed by atoms with Gasteiger partial charge in [0, 0.05) is 22.8 Å². The molecule has 0 saturated carbocycles. The summed E-state index contributed by atoms with van der Waals surface area (Å²) < 4.78 is 0. The van der Waals surface area contributed by atoms with Crippen molar-refractivity contribution in [3.05, 3.63) is 57.8 Å². The molecule has 2 nitrogen and oxygen atoms in total. The summed E-state index contributed by atoms with van der Waals surface area (Å²) in [7, 11) is 0. The minimum absolute atomic E-state index is 0.388. The van der Waals surface area contributed by atoms with Crippen molar-refractivity contribution < 1.29 is 0 Å². The van der Waals surface area contributed by atoms with E-state index in [1.165, 1.54) is 10.4 Å². The summed E-state index contributed by atoms with van der Waals surface area (Å²) in [4.78, 5) is 1.22. The second-order valence-electron chi connectivity index (χ2n) is 4.55. The summed E-state index contributed by atoms with van der Waals surface area (Å²) in [6, 6.07) is 15.1. The molecule has 1 aromatic carbocycles. The highest BCUT2D eigenvalue weighted by Crippen LogP contribution is 2.20. The Hall–Kier alpha value is -1.63. The zero-order chi connectivity index (χ0) is 13.5. The average Bonchev–Trinajstić information content (AvgIpc) is 2.92. The van der Waals surface area contributed by atoms with E-state index < -0.39 is 0 Å². The van der Waals surface area contributed by atoms with Crippen LogP contribution in [-0.4, -0.2) is 0 Å². The van der Waals surface area contributed by atoms with Crippen LogP contribution in [0.25, 0.3) is 0 Å². The highest BCUT2D eigenvalue weighted by atomic mass is 32.1. The Morgan fingerprint density at radius 1 is 1.32 bits per heavy atom. The molecule has 0 amide bonds. The van der Waals surface area contributed by atoms with Crippen molar-refractivity contribution in [1.29, 1.82) is 5.26 Å². The number of hydrogen-bond acceptors (Lipinski definition) is 3. The van der Waals surface area contributed by atoms with Crippen LogP contribution in [0.1, 0.15) is 41.8 Å². The van der Waals surface area contributed by atoms with Gasteiger partial charge in [-0.3, -0.25) is 0 Å². The van der Waals surface area contributed by atoms with Gasteiger partial charge in [0.05, 0.1) is 5.56 Å². The number of nitrogens with one attached hydrogen (secondary N) is 1. The molecule has 0 aliphatic rings. The molecular weight excluding hydrogens is 252 g/mol. The monoisotopic (exact) mass is 270 g/mol. The van der Waals surface area contributed by atoms with Crippen LogP contribution in [0.4, 0.5) is 0 Å². The molecule has 0 saturated heterocycles. The maximum Gasteiger partial charge on any atom is 0.100 e. The van der Waals surface area contributed by atoms with Gasteiger partial charge in [-0.25, -0.2) is 0 Å². The molecule has 0 spiro atoms. The van der Waals surface area contributed by atoms with E-state index in [-0.39, 0.29) is 0 Å². The van der Waals surface area contributed by atoms with E-state index in [1.54, 1.807) is 11.3 Å². The van der Waals surface area contributed by atoms with Crippen molar-refractivity contribution in [3.63, 3.8) is 0 Å². The van der Waals surface area contributed by atoms with Gasteiger partial charge in [-0.2, -0.15) is 5.26 Å². The average molecular weight is 270 g/mol. The highest BCUT2D eigenvalue weighted by molar-refractivity contribution is 7.10. The number of rotatable bonds is 6. The van der Waals surface area contributed by atoms with Gasteiger partial charge in [0.1, 0.15) is 6.07 Å². The normalized spacial score (nSPS) is 12.0. The fourth-order valence-electron chi connectivity index (χ4n) is 2.12. The third-order valence-electron chi connectivity index (χ3n) is 3.08.